The summed E-state index contributed by atoms with van der Waals surface area (Å²) >= 11 is 16.9. The summed E-state index contributed by atoms with van der Waals surface area (Å²) in [4.78, 5) is 25.5. The van der Waals surface area contributed by atoms with Crippen molar-refractivity contribution in [2.45, 2.75) is 38.9 Å². The van der Waals surface area contributed by atoms with E-state index in [9.17, 15) is 9.59 Å². The third kappa shape index (κ3) is 6.78. The molecule has 186 valence electrons. The monoisotopic (exact) mass is 597 g/mol. The van der Waals surface area contributed by atoms with Gasteiger partial charge in [-0.15, -0.1) is 10.2 Å². The molecule has 0 aliphatic rings. The number of nitrogens with one attached hydrogen (secondary N) is 2. The topological polar surface area (TPSA) is 88.9 Å². The third-order valence-corrected chi connectivity index (χ3v) is 7.40. The predicted molar refractivity (Wildman–Crippen MR) is 145 cm³/mol. The second-order valence-electron chi connectivity index (χ2n) is 8.47. The molecule has 1 heterocycles. The molecule has 0 saturated carbocycles. The predicted octanol–water partition coefficient (Wildman–Crippen LogP) is 6.36. The average Bonchev–Trinajstić information content (AvgIpc) is 3.12. The maximum atomic E-state index is 12.9. The number of hydrogen-bond acceptors (Lipinski definition) is 5. The summed E-state index contributed by atoms with van der Waals surface area (Å²) in [5, 5.41) is 15.8. The van der Waals surface area contributed by atoms with E-state index >= 15 is 0 Å². The van der Waals surface area contributed by atoms with Crippen molar-refractivity contribution in [2.75, 3.05) is 11.1 Å². The molecular weight excluding hydrogens is 573 g/mol. The van der Waals surface area contributed by atoms with Gasteiger partial charge in [-0.1, -0.05) is 64.7 Å². The fourth-order valence-electron chi connectivity index (χ4n) is 3.56. The van der Waals surface area contributed by atoms with Gasteiger partial charge in [-0.2, -0.15) is 0 Å². The fourth-order valence-corrected chi connectivity index (χ4v) is 5.46. The molecule has 0 unspecified atom stereocenters. The first-order valence-corrected chi connectivity index (χ1v) is 13.4. The summed E-state index contributed by atoms with van der Waals surface area (Å²) in [6, 6.07) is 8.24. The van der Waals surface area contributed by atoms with Crippen LogP contribution >= 0.6 is 50.9 Å². The van der Waals surface area contributed by atoms with E-state index in [-0.39, 0.29) is 28.5 Å². The Morgan fingerprint density at radius 2 is 1.77 bits per heavy atom. The van der Waals surface area contributed by atoms with E-state index in [4.69, 9.17) is 23.2 Å². The van der Waals surface area contributed by atoms with E-state index < -0.39 is 6.04 Å². The average molecular weight is 599 g/mol. The van der Waals surface area contributed by atoms with Gasteiger partial charge in [0, 0.05) is 22.2 Å². The Hall–Kier alpha value is -2.07. The Labute approximate surface area is 227 Å². The minimum Gasteiger partial charge on any atom is -0.342 e. The Balaban J connectivity index is 1.70. The number of anilines is 1. The summed E-state index contributed by atoms with van der Waals surface area (Å²) in [6.45, 7) is 7.86. The second-order valence-corrected chi connectivity index (χ2v) is 11.2. The molecule has 2 aromatic carbocycles. The molecule has 11 heteroatoms. The molecule has 0 fully saturated rings. The van der Waals surface area contributed by atoms with Gasteiger partial charge in [0.2, 0.25) is 5.91 Å². The maximum absolute atomic E-state index is 12.9. The largest absolute Gasteiger partial charge is 0.342 e. The van der Waals surface area contributed by atoms with E-state index in [0.29, 0.717) is 21.6 Å². The van der Waals surface area contributed by atoms with Crippen LogP contribution in [0.4, 0.5) is 5.69 Å². The van der Waals surface area contributed by atoms with Gasteiger partial charge in [0.25, 0.3) is 5.91 Å². The van der Waals surface area contributed by atoms with E-state index in [1.165, 1.54) is 17.8 Å². The van der Waals surface area contributed by atoms with Gasteiger partial charge in [0.05, 0.1) is 22.4 Å². The highest BCUT2D eigenvalue weighted by atomic mass is 79.9. The van der Waals surface area contributed by atoms with Crippen LogP contribution in [0.15, 0.2) is 40.0 Å². The quantitative estimate of drug-likeness (QED) is 0.295. The highest BCUT2D eigenvalue weighted by Gasteiger charge is 2.26. The normalized spacial score (nSPS) is 12.0. The lowest BCUT2D eigenvalue weighted by Gasteiger charge is -2.22. The number of amides is 2. The Morgan fingerprint density at radius 1 is 1.11 bits per heavy atom. The molecule has 7 nitrogen and oxygen atoms in total. The highest BCUT2D eigenvalue weighted by Crippen LogP contribution is 2.28. The molecule has 1 atom stereocenters. The van der Waals surface area contributed by atoms with E-state index in [1.807, 2.05) is 46.9 Å². The zero-order chi connectivity index (χ0) is 25.9. The van der Waals surface area contributed by atoms with Crippen molar-refractivity contribution in [1.82, 2.24) is 20.1 Å². The molecule has 3 aromatic rings. The first kappa shape index (κ1) is 27.5. The maximum Gasteiger partial charge on any atom is 0.253 e. The fraction of sp³-hybridized carbons (Fsp3) is 0.333. The van der Waals surface area contributed by atoms with Crippen LogP contribution in [0.1, 0.15) is 47.2 Å². The van der Waals surface area contributed by atoms with Gasteiger partial charge in [-0.05, 0) is 61.2 Å². The van der Waals surface area contributed by atoms with Gasteiger partial charge >= 0.3 is 0 Å². The van der Waals surface area contributed by atoms with E-state index in [0.717, 1.165) is 21.3 Å². The number of rotatable bonds is 8. The van der Waals surface area contributed by atoms with E-state index in [2.05, 4.69) is 36.8 Å². The van der Waals surface area contributed by atoms with Crippen LogP contribution in [0, 0.1) is 19.8 Å². The molecule has 0 aliphatic carbocycles. The molecular formula is C24H26BrCl2N5O2S. The molecule has 0 radical (unpaired) electrons. The number of benzene rings is 2. The molecule has 3 rings (SSSR count). The van der Waals surface area contributed by atoms with E-state index in [1.54, 1.807) is 16.7 Å². The number of thioether (sulfide) groups is 1. The van der Waals surface area contributed by atoms with Gasteiger partial charge in [0.15, 0.2) is 11.0 Å². The van der Waals surface area contributed by atoms with Crippen molar-refractivity contribution in [3.05, 3.63) is 67.4 Å². The SMILES string of the molecule is Cc1cc(Br)cc(C)c1NC(=O)CSc1nnc([C@@H](NC(=O)c2ccc(Cl)cc2Cl)C(C)C)n1C. The molecule has 0 aliphatic heterocycles. The molecule has 0 saturated heterocycles. The summed E-state index contributed by atoms with van der Waals surface area (Å²) in [7, 11) is 1.81. The molecule has 35 heavy (non-hydrogen) atoms. The molecule has 2 amide bonds. The van der Waals surface area contributed by atoms with Crippen molar-refractivity contribution in [3.8, 4) is 0 Å². The first-order valence-electron chi connectivity index (χ1n) is 10.8. The lowest BCUT2D eigenvalue weighted by molar-refractivity contribution is -0.113. The Bertz CT molecular complexity index is 1240. The van der Waals surface area contributed by atoms with Gasteiger partial charge < -0.3 is 15.2 Å². The molecule has 2 N–H and O–H groups in total. The molecule has 0 spiro atoms. The van der Waals surface area contributed by atoms with Crippen molar-refractivity contribution in [2.24, 2.45) is 13.0 Å². The first-order chi connectivity index (χ1) is 16.5. The van der Waals surface area contributed by atoms with Gasteiger partial charge in [-0.25, -0.2) is 0 Å². The van der Waals surface area contributed by atoms with Crippen LogP contribution in [-0.2, 0) is 11.8 Å². The molecule has 1 aromatic heterocycles. The summed E-state index contributed by atoms with van der Waals surface area (Å²) in [5.41, 5.74) is 3.09. The van der Waals surface area contributed by atoms with Crippen LogP contribution in [0.25, 0.3) is 0 Å². The second kappa shape index (κ2) is 11.8. The lowest BCUT2D eigenvalue weighted by atomic mass is 10.0. The smallest absolute Gasteiger partial charge is 0.253 e. The minimum absolute atomic E-state index is 0.0254. The van der Waals surface area contributed by atoms with Crippen molar-refractivity contribution >= 4 is 68.4 Å². The molecule has 0 bridgehead atoms. The zero-order valence-corrected chi connectivity index (χ0v) is 23.9. The number of hydrogen-bond donors (Lipinski definition) is 2. The minimum atomic E-state index is -0.414. The van der Waals surface area contributed by atoms with Crippen LogP contribution in [0.3, 0.4) is 0 Å². The Kier molecular flexibility index (Phi) is 9.26. The lowest BCUT2D eigenvalue weighted by Crippen LogP contribution is -2.33. The van der Waals surface area contributed by atoms with Crippen molar-refractivity contribution in [3.63, 3.8) is 0 Å². The standard InChI is InChI=1S/C24H26BrCl2N5O2S/c1-12(2)20(29-23(34)17-7-6-16(26)10-18(17)27)22-30-31-24(32(22)5)35-11-19(33)28-21-13(3)8-15(25)9-14(21)4/h6-10,12,20H,11H2,1-5H3,(H,28,33)(H,29,34)/t20-/m0/s1. The summed E-state index contributed by atoms with van der Waals surface area (Å²) < 4.78 is 2.76. The number of carbonyl (C=O) groups excluding carboxylic acids is 2. The van der Waals surface area contributed by atoms with Crippen LogP contribution in [-0.4, -0.2) is 32.3 Å². The number of aryl methyl sites for hydroxylation is 2. The van der Waals surface area contributed by atoms with Crippen LogP contribution in [0.5, 0.6) is 0 Å². The highest BCUT2D eigenvalue weighted by molar-refractivity contribution is 9.10. The van der Waals surface area contributed by atoms with Crippen molar-refractivity contribution < 1.29 is 9.59 Å². The summed E-state index contributed by atoms with van der Waals surface area (Å²) in [6.07, 6.45) is 0. The van der Waals surface area contributed by atoms with Gasteiger partial charge in [-0.3, -0.25) is 9.59 Å². The number of aromatic nitrogens is 3. The Morgan fingerprint density at radius 3 is 2.37 bits per heavy atom. The summed E-state index contributed by atoms with van der Waals surface area (Å²) in [5.74, 6) is 0.305. The van der Waals surface area contributed by atoms with Crippen molar-refractivity contribution in [1.29, 1.82) is 0 Å². The number of carbonyl (C=O) groups is 2. The zero-order valence-electron chi connectivity index (χ0n) is 19.9. The van der Waals surface area contributed by atoms with Gasteiger partial charge in [0.1, 0.15) is 0 Å². The third-order valence-electron chi connectivity index (χ3n) is 5.37. The number of nitrogens with zero attached hydrogens (tertiary/aromatic N) is 3. The van der Waals surface area contributed by atoms with Crippen LogP contribution in [0.2, 0.25) is 10.0 Å². The van der Waals surface area contributed by atoms with Crippen LogP contribution < -0.4 is 10.6 Å². The number of halogens is 3.